The highest BCUT2D eigenvalue weighted by Gasteiger charge is 2.16. The minimum Gasteiger partial charge on any atom is -0.352 e. The van der Waals surface area contributed by atoms with E-state index >= 15 is 0 Å². The number of Topliss-reactive ketones (excluding diaryl/α,β-unsaturated/α-hetero) is 1. The number of hydrogen-bond acceptors (Lipinski definition) is 2. The third-order valence-corrected chi connectivity index (χ3v) is 3.50. The summed E-state index contributed by atoms with van der Waals surface area (Å²) in [6, 6.07) is 16.6. The Labute approximate surface area is 131 Å². The lowest BCUT2D eigenvalue weighted by Crippen LogP contribution is -2.26. The molecule has 0 bridgehead atoms. The van der Waals surface area contributed by atoms with E-state index in [0.29, 0.717) is 24.1 Å². The molecule has 0 aliphatic rings. The molecule has 0 saturated heterocycles. The molecule has 3 nitrogen and oxygen atoms in total. The maximum Gasteiger partial charge on any atom is 0.252 e. The molecular formula is C19H21NO2. The second-order valence-electron chi connectivity index (χ2n) is 5.24. The van der Waals surface area contributed by atoms with Crippen LogP contribution in [0, 0.1) is 0 Å². The van der Waals surface area contributed by atoms with Gasteiger partial charge < -0.3 is 5.32 Å². The van der Waals surface area contributed by atoms with Crippen LogP contribution in [0.4, 0.5) is 0 Å². The Morgan fingerprint density at radius 3 is 2.23 bits per heavy atom. The van der Waals surface area contributed by atoms with E-state index in [1.54, 1.807) is 24.3 Å². The van der Waals surface area contributed by atoms with Crippen molar-refractivity contribution in [2.75, 3.05) is 6.54 Å². The van der Waals surface area contributed by atoms with Gasteiger partial charge in [-0.1, -0.05) is 61.9 Å². The molecule has 0 aromatic heterocycles. The van der Waals surface area contributed by atoms with E-state index in [-0.39, 0.29) is 11.7 Å². The highest BCUT2D eigenvalue weighted by Crippen LogP contribution is 2.13. The van der Waals surface area contributed by atoms with Gasteiger partial charge in [-0.25, -0.2) is 0 Å². The van der Waals surface area contributed by atoms with Crippen LogP contribution in [0.3, 0.4) is 0 Å². The molecule has 3 heteroatoms. The highest BCUT2D eigenvalue weighted by molar-refractivity contribution is 6.08. The summed E-state index contributed by atoms with van der Waals surface area (Å²) in [6.07, 6.45) is 2.26. The Balaban J connectivity index is 2.13. The molecule has 0 heterocycles. The molecule has 0 spiro atoms. The van der Waals surface area contributed by atoms with Crippen LogP contribution in [-0.4, -0.2) is 18.2 Å². The van der Waals surface area contributed by atoms with Crippen molar-refractivity contribution in [3.8, 4) is 0 Å². The smallest absolute Gasteiger partial charge is 0.252 e. The van der Waals surface area contributed by atoms with E-state index in [9.17, 15) is 9.59 Å². The van der Waals surface area contributed by atoms with Crippen molar-refractivity contribution < 1.29 is 9.59 Å². The van der Waals surface area contributed by atoms with E-state index in [1.165, 1.54) is 0 Å². The maximum atomic E-state index is 12.5. The first kappa shape index (κ1) is 16.0. The molecule has 0 radical (unpaired) electrons. The van der Waals surface area contributed by atoms with E-state index in [0.717, 1.165) is 18.4 Å². The number of rotatable bonds is 7. The Hall–Kier alpha value is -2.42. The predicted molar refractivity (Wildman–Crippen MR) is 88.2 cm³/mol. The van der Waals surface area contributed by atoms with E-state index in [4.69, 9.17) is 0 Å². The summed E-state index contributed by atoms with van der Waals surface area (Å²) in [6.45, 7) is 2.71. The van der Waals surface area contributed by atoms with Gasteiger partial charge in [0.1, 0.15) is 0 Å². The number of ketones is 1. The van der Waals surface area contributed by atoms with E-state index in [2.05, 4.69) is 12.2 Å². The summed E-state index contributed by atoms with van der Waals surface area (Å²) < 4.78 is 0. The van der Waals surface area contributed by atoms with Crippen LogP contribution in [0.5, 0.6) is 0 Å². The quantitative estimate of drug-likeness (QED) is 0.626. The van der Waals surface area contributed by atoms with Crippen molar-refractivity contribution >= 4 is 11.7 Å². The predicted octanol–water partition coefficient (Wildman–Crippen LogP) is 3.64. The lowest BCUT2D eigenvalue weighted by atomic mass is 9.98. The van der Waals surface area contributed by atoms with Gasteiger partial charge in [-0.3, -0.25) is 9.59 Å². The largest absolute Gasteiger partial charge is 0.352 e. The first-order valence-corrected chi connectivity index (χ1v) is 7.66. The third kappa shape index (κ3) is 4.29. The molecule has 0 aliphatic carbocycles. The van der Waals surface area contributed by atoms with Crippen LogP contribution in [0.15, 0.2) is 54.6 Å². The molecule has 22 heavy (non-hydrogen) atoms. The minimum absolute atomic E-state index is 0.0348. The topological polar surface area (TPSA) is 46.2 Å². The maximum absolute atomic E-state index is 12.5. The molecule has 0 unspecified atom stereocenters. The van der Waals surface area contributed by atoms with Crippen LogP contribution in [0.1, 0.15) is 46.0 Å². The van der Waals surface area contributed by atoms with Gasteiger partial charge in [-0.15, -0.1) is 0 Å². The summed E-state index contributed by atoms with van der Waals surface area (Å²) in [7, 11) is 0. The van der Waals surface area contributed by atoms with Crippen LogP contribution in [-0.2, 0) is 6.42 Å². The Morgan fingerprint density at radius 1 is 0.909 bits per heavy atom. The highest BCUT2D eigenvalue weighted by atomic mass is 16.2. The van der Waals surface area contributed by atoms with Gasteiger partial charge in [0.2, 0.25) is 0 Å². The number of hydrogen-bond donors (Lipinski definition) is 1. The average molecular weight is 295 g/mol. The van der Waals surface area contributed by atoms with Gasteiger partial charge in [0, 0.05) is 18.5 Å². The SMILES string of the molecule is CCCCNC(=O)c1ccccc1C(=O)Cc1ccccc1. The fourth-order valence-corrected chi connectivity index (χ4v) is 2.27. The third-order valence-electron chi connectivity index (χ3n) is 3.50. The zero-order valence-corrected chi connectivity index (χ0v) is 12.8. The van der Waals surface area contributed by atoms with Crippen molar-refractivity contribution in [3.05, 3.63) is 71.3 Å². The van der Waals surface area contributed by atoms with E-state index < -0.39 is 0 Å². The zero-order chi connectivity index (χ0) is 15.8. The Morgan fingerprint density at radius 2 is 1.55 bits per heavy atom. The monoisotopic (exact) mass is 295 g/mol. The van der Waals surface area contributed by atoms with E-state index in [1.807, 2.05) is 30.3 Å². The molecule has 0 atom stereocenters. The molecule has 1 amide bonds. The van der Waals surface area contributed by atoms with Crippen molar-refractivity contribution in [1.82, 2.24) is 5.32 Å². The van der Waals surface area contributed by atoms with Gasteiger partial charge in [0.25, 0.3) is 5.91 Å². The van der Waals surface area contributed by atoms with Crippen LogP contribution in [0.25, 0.3) is 0 Å². The lowest BCUT2D eigenvalue weighted by molar-refractivity contribution is 0.0934. The van der Waals surface area contributed by atoms with Crippen molar-refractivity contribution in [2.24, 2.45) is 0 Å². The number of carbonyl (C=O) groups is 2. The summed E-state index contributed by atoms with van der Waals surface area (Å²) in [4.78, 5) is 24.7. The van der Waals surface area contributed by atoms with Crippen molar-refractivity contribution in [1.29, 1.82) is 0 Å². The molecule has 114 valence electrons. The molecule has 0 aliphatic heterocycles. The van der Waals surface area contributed by atoms with Gasteiger partial charge in [0.05, 0.1) is 5.56 Å². The summed E-state index contributed by atoms with van der Waals surface area (Å²) in [5.41, 5.74) is 1.90. The van der Waals surface area contributed by atoms with Gasteiger partial charge in [-0.2, -0.15) is 0 Å². The van der Waals surface area contributed by atoms with Crippen molar-refractivity contribution in [2.45, 2.75) is 26.2 Å². The molecule has 2 aromatic rings. The number of carbonyl (C=O) groups excluding carboxylic acids is 2. The average Bonchev–Trinajstić information content (AvgIpc) is 2.56. The molecule has 0 fully saturated rings. The van der Waals surface area contributed by atoms with Gasteiger partial charge in [0.15, 0.2) is 5.78 Å². The number of benzene rings is 2. The van der Waals surface area contributed by atoms with Crippen LogP contribution < -0.4 is 5.32 Å². The number of unbranched alkanes of at least 4 members (excludes halogenated alkanes) is 1. The van der Waals surface area contributed by atoms with Crippen LogP contribution >= 0.6 is 0 Å². The first-order valence-electron chi connectivity index (χ1n) is 7.66. The molecule has 2 aromatic carbocycles. The lowest BCUT2D eigenvalue weighted by Gasteiger charge is -2.09. The molecule has 2 rings (SSSR count). The Kier molecular flexibility index (Phi) is 5.90. The first-order chi connectivity index (χ1) is 10.7. The minimum atomic E-state index is -0.175. The summed E-state index contributed by atoms with van der Waals surface area (Å²) in [5.74, 6) is -0.210. The number of nitrogens with one attached hydrogen (secondary N) is 1. The normalized spacial score (nSPS) is 10.2. The molecular weight excluding hydrogens is 274 g/mol. The number of amides is 1. The summed E-state index contributed by atoms with van der Waals surface area (Å²) >= 11 is 0. The fourth-order valence-electron chi connectivity index (χ4n) is 2.27. The van der Waals surface area contributed by atoms with Gasteiger partial charge in [-0.05, 0) is 18.1 Å². The summed E-state index contributed by atoms with van der Waals surface area (Å²) in [5, 5.41) is 2.87. The Bertz CT molecular complexity index is 635. The second kappa shape index (κ2) is 8.13. The zero-order valence-electron chi connectivity index (χ0n) is 12.8. The van der Waals surface area contributed by atoms with Crippen molar-refractivity contribution in [3.63, 3.8) is 0 Å². The molecule has 0 saturated carbocycles. The molecule has 1 N–H and O–H groups in total. The second-order valence-corrected chi connectivity index (χ2v) is 5.24. The van der Waals surface area contributed by atoms with Crippen LogP contribution in [0.2, 0.25) is 0 Å². The fraction of sp³-hybridized carbons (Fsp3) is 0.263. The van der Waals surface area contributed by atoms with Gasteiger partial charge >= 0.3 is 0 Å². The standard InChI is InChI=1S/C19H21NO2/c1-2-3-13-20-19(22)17-12-8-7-11-16(17)18(21)14-15-9-5-4-6-10-15/h4-12H,2-3,13-14H2,1H3,(H,20,22).